The highest BCUT2D eigenvalue weighted by Gasteiger charge is 1.94. The molecule has 0 spiro atoms. The molecule has 0 aromatic carbocycles. The summed E-state index contributed by atoms with van der Waals surface area (Å²) in [4.78, 5) is 9.97. The molecule has 0 bridgehead atoms. The zero-order valence-electron chi connectivity index (χ0n) is 6.21. The van der Waals surface area contributed by atoms with E-state index in [9.17, 15) is 4.79 Å². The Bertz CT molecular complexity index is 127. The number of hydrogen-bond donors (Lipinski definition) is 1. The molecule has 0 saturated carbocycles. The van der Waals surface area contributed by atoms with Crippen LogP contribution in [0.25, 0.3) is 0 Å². The zero-order chi connectivity index (χ0) is 7.98. The van der Waals surface area contributed by atoms with Gasteiger partial charge in [0.15, 0.2) is 0 Å². The summed E-state index contributed by atoms with van der Waals surface area (Å²) in [6.45, 7) is 5.74. The molecule has 0 aliphatic carbocycles. The Morgan fingerprint density at radius 3 is 2.80 bits per heavy atom. The fourth-order valence-corrected chi connectivity index (χ4v) is 0.519. The largest absolute Gasteiger partial charge is 0.478 e. The van der Waals surface area contributed by atoms with Crippen molar-refractivity contribution in [1.29, 1.82) is 0 Å². The summed E-state index contributed by atoms with van der Waals surface area (Å²) in [5.74, 6) is -0.396. The summed E-state index contributed by atoms with van der Waals surface area (Å²) >= 11 is 0. The lowest BCUT2D eigenvalue weighted by Gasteiger charge is -2.00. The average molecular weight is 141 g/mol. The Labute approximate surface area is 61.6 Å². The minimum atomic E-state index is -0.878. The summed E-state index contributed by atoms with van der Waals surface area (Å²) in [5, 5.41) is 8.20. The van der Waals surface area contributed by atoms with Crippen molar-refractivity contribution in [3.63, 3.8) is 0 Å². The first-order valence-corrected chi connectivity index (χ1v) is 3.35. The molecule has 10 heavy (non-hydrogen) atoms. The van der Waals surface area contributed by atoms with Gasteiger partial charge in [0.2, 0.25) is 0 Å². The van der Waals surface area contributed by atoms with Gasteiger partial charge in [0.25, 0.3) is 0 Å². The van der Waals surface area contributed by atoms with E-state index in [2.05, 4.69) is 6.92 Å². The number of allylic oxidation sites excluding steroid dienone is 1. The molecule has 0 aliphatic heterocycles. The summed E-state index contributed by atoms with van der Waals surface area (Å²) in [5.41, 5.74) is 0. The molecule has 0 aliphatic rings. The van der Waals surface area contributed by atoms with Crippen LogP contribution in [0.3, 0.4) is 0 Å². The molecule has 0 saturated heterocycles. The molecule has 2 nitrogen and oxygen atoms in total. The molecule has 1 atom stereocenters. The molecule has 0 fully saturated rings. The molecule has 2 heteroatoms. The Morgan fingerprint density at radius 1 is 1.80 bits per heavy atom. The number of carboxylic acid groups (broad SMARTS) is 1. The SMILES string of the molecule is [CH2]CC(C)CC=CC(=O)O. The summed E-state index contributed by atoms with van der Waals surface area (Å²) in [6.07, 6.45) is 4.49. The first-order chi connectivity index (χ1) is 4.66. The van der Waals surface area contributed by atoms with E-state index in [1.54, 1.807) is 6.08 Å². The summed E-state index contributed by atoms with van der Waals surface area (Å²) < 4.78 is 0. The Kier molecular flexibility index (Phi) is 4.63. The highest BCUT2D eigenvalue weighted by Crippen LogP contribution is 2.05. The number of carbonyl (C=O) groups is 1. The van der Waals surface area contributed by atoms with Crippen LogP contribution >= 0.6 is 0 Å². The fourth-order valence-electron chi connectivity index (χ4n) is 0.519. The van der Waals surface area contributed by atoms with Crippen molar-refractivity contribution >= 4 is 5.97 Å². The van der Waals surface area contributed by atoms with Gasteiger partial charge in [-0.1, -0.05) is 26.3 Å². The second-order valence-electron chi connectivity index (χ2n) is 2.37. The van der Waals surface area contributed by atoms with Gasteiger partial charge in [0, 0.05) is 6.08 Å². The molecule has 0 aromatic heterocycles. The predicted molar refractivity (Wildman–Crippen MR) is 40.5 cm³/mol. The van der Waals surface area contributed by atoms with Gasteiger partial charge in [-0.2, -0.15) is 0 Å². The molecule has 1 unspecified atom stereocenters. The normalized spacial score (nSPS) is 13.8. The lowest BCUT2D eigenvalue weighted by Crippen LogP contribution is -1.90. The first-order valence-electron chi connectivity index (χ1n) is 3.35. The van der Waals surface area contributed by atoms with Crippen LogP contribution in [0.4, 0.5) is 0 Å². The van der Waals surface area contributed by atoms with Gasteiger partial charge < -0.3 is 5.11 Å². The molecule has 0 rings (SSSR count). The van der Waals surface area contributed by atoms with E-state index in [0.29, 0.717) is 5.92 Å². The maximum Gasteiger partial charge on any atom is 0.327 e. The quantitative estimate of drug-likeness (QED) is 0.607. The van der Waals surface area contributed by atoms with Crippen LogP contribution in [-0.2, 0) is 4.79 Å². The van der Waals surface area contributed by atoms with Crippen molar-refractivity contribution < 1.29 is 9.90 Å². The second-order valence-corrected chi connectivity index (χ2v) is 2.37. The van der Waals surface area contributed by atoms with Gasteiger partial charge in [-0.05, 0) is 12.3 Å². The lowest BCUT2D eigenvalue weighted by molar-refractivity contribution is -0.131. The van der Waals surface area contributed by atoms with Crippen molar-refractivity contribution in [1.82, 2.24) is 0 Å². The van der Waals surface area contributed by atoms with E-state index < -0.39 is 5.97 Å². The van der Waals surface area contributed by atoms with E-state index in [1.807, 2.05) is 6.92 Å². The van der Waals surface area contributed by atoms with Crippen molar-refractivity contribution in [2.24, 2.45) is 5.92 Å². The van der Waals surface area contributed by atoms with Crippen molar-refractivity contribution in [2.75, 3.05) is 0 Å². The number of carboxylic acids is 1. The van der Waals surface area contributed by atoms with E-state index in [4.69, 9.17) is 5.11 Å². The maximum atomic E-state index is 9.97. The molecular formula is C8H13O2. The van der Waals surface area contributed by atoms with Gasteiger partial charge >= 0.3 is 5.97 Å². The molecular weight excluding hydrogens is 128 g/mol. The number of rotatable bonds is 4. The van der Waals surface area contributed by atoms with Crippen LogP contribution in [-0.4, -0.2) is 11.1 Å². The topological polar surface area (TPSA) is 37.3 Å². The van der Waals surface area contributed by atoms with Gasteiger partial charge in [-0.15, -0.1) is 0 Å². The predicted octanol–water partition coefficient (Wildman–Crippen LogP) is 1.88. The van der Waals surface area contributed by atoms with Crippen LogP contribution in [0.2, 0.25) is 0 Å². The molecule has 57 valence electrons. The van der Waals surface area contributed by atoms with Gasteiger partial charge in [0.1, 0.15) is 0 Å². The number of hydrogen-bond acceptors (Lipinski definition) is 1. The molecule has 1 N–H and O–H groups in total. The van der Waals surface area contributed by atoms with Gasteiger partial charge in [-0.25, -0.2) is 4.79 Å². The van der Waals surface area contributed by atoms with Crippen molar-refractivity contribution in [2.45, 2.75) is 19.8 Å². The van der Waals surface area contributed by atoms with Crippen molar-refractivity contribution in [3.05, 3.63) is 19.1 Å². The third kappa shape index (κ3) is 5.35. The lowest BCUT2D eigenvalue weighted by atomic mass is 10.1. The van der Waals surface area contributed by atoms with Crippen LogP contribution in [0.15, 0.2) is 12.2 Å². The smallest absolute Gasteiger partial charge is 0.327 e. The molecule has 0 amide bonds. The monoisotopic (exact) mass is 141 g/mol. The van der Waals surface area contributed by atoms with Crippen LogP contribution < -0.4 is 0 Å². The Morgan fingerprint density at radius 2 is 2.40 bits per heavy atom. The van der Waals surface area contributed by atoms with E-state index in [0.717, 1.165) is 12.8 Å². The molecule has 0 heterocycles. The summed E-state index contributed by atoms with van der Waals surface area (Å²) in [6, 6.07) is 0. The number of aliphatic carboxylic acids is 1. The van der Waals surface area contributed by atoms with Crippen molar-refractivity contribution in [3.8, 4) is 0 Å². The Balaban J connectivity index is 3.43. The highest BCUT2D eigenvalue weighted by molar-refractivity contribution is 5.79. The van der Waals surface area contributed by atoms with Gasteiger partial charge in [0.05, 0.1) is 0 Å². The first kappa shape index (κ1) is 9.21. The maximum absolute atomic E-state index is 9.97. The van der Waals surface area contributed by atoms with Crippen LogP contribution in [0, 0.1) is 12.8 Å². The highest BCUT2D eigenvalue weighted by atomic mass is 16.4. The third-order valence-corrected chi connectivity index (χ3v) is 1.29. The zero-order valence-corrected chi connectivity index (χ0v) is 6.21. The van der Waals surface area contributed by atoms with E-state index in [-0.39, 0.29) is 0 Å². The molecule has 1 radical (unpaired) electrons. The fraction of sp³-hybridized carbons (Fsp3) is 0.500. The third-order valence-electron chi connectivity index (χ3n) is 1.29. The average Bonchev–Trinajstić information content (AvgIpc) is 1.87. The minimum absolute atomic E-state index is 0.482. The summed E-state index contributed by atoms with van der Waals surface area (Å²) in [7, 11) is 0. The van der Waals surface area contributed by atoms with E-state index in [1.165, 1.54) is 6.08 Å². The van der Waals surface area contributed by atoms with Gasteiger partial charge in [-0.3, -0.25) is 0 Å². The Hall–Kier alpha value is -0.790. The minimum Gasteiger partial charge on any atom is -0.478 e. The van der Waals surface area contributed by atoms with Crippen LogP contribution in [0.1, 0.15) is 19.8 Å². The van der Waals surface area contributed by atoms with Crippen LogP contribution in [0.5, 0.6) is 0 Å². The van der Waals surface area contributed by atoms with E-state index >= 15 is 0 Å². The molecule has 0 aromatic rings. The standard InChI is InChI=1S/C8H13O2/c1-3-7(2)5-4-6-8(9)10/h4,6-7H,1,3,5H2,2H3,(H,9,10). The second kappa shape index (κ2) is 5.03.